The fraction of sp³-hybridized carbons (Fsp3) is 0.214. The summed E-state index contributed by atoms with van der Waals surface area (Å²) in [5, 5.41) is 3.22. The average Bonchev–Trinajstić information content (AvgIpc) is 2.47. The quantitative estimate of drug-likeness (QED) is 0.869. The van der Waals surface area contributed by atoms with Crippen molar-refractivity contribution in [3.8, 4) is 0 Å². The Balaban J connectivity index is 2.13. The third-order valence-electron chi connectivity index (χ3n) is 2.76. The van der Waals surface area contributed by atoms with Crippen molar-refractivity contribution in [2.24, 2.45) is 0 Å². The number of hydrogen-bond acceptors (Lipinski definition) is 5. The van der Waals surface area contributed by atoms with Crippen LogP contribution in [0.4, 0.5) is 5.82 Å². The normalized spacial score (nSPS) is 11.8. The van der Waals surface area contributed by atoms with Gasteiger partial charge in [0.2, 0.25) is 5.82 Å². The Kier molecular flexibility index (Phi) is 4.68. The second kappa shape index (κ2) is 6.47. The maximum atomic E-state index is 11.4. The average molecular weight is 336 g/mol. The van der Waals surface area contributed by atoms with E-state index >= 15 is 0 Å². The summed E-state index contributed by atoms with van der Waals surface area (Å²) in [4.78, 5) is 19.4. The van der Waals surface area contributed by atoms with Gasteiger partial charge in [0.05, 0.1) is 7.11 Å². The van der Waals surface area contributed by atoms with Gasteiger partial charge in [0.15, 0.2) is 0 Å². The molecule has 5 nitrogen and oxygen atoms in total. The first-order valence-electron chi connectivity index (χ1n) is 6.03. The first-order chi connectivity index (χ1) is 9.60. The molecule has 0 radical (unpaired) electrons. The lowest BCUT2D eigenvalue weighted by Gasteiger charge is -2.15. The molecule has 0 bridgehead atoms. The molecule has 0 aliphatic rings. The molecule has 2 aromatic rings. The number of benzene rings is 1. The summed E-state index contributed by atoms with van der Waals surface area (Å²) < 4.78 is 5.63. The molecule has 0 aliphatic carbocycles. The third kappa shape index (κ3) is 3.54. The highest BCUT2D eigenvalue weighted by molar-refractivity contribution is 9.10. The number of methoxy groups -OCH3 is 1. The van der Waals surface area contributed by atoms with Crippen molar-refractivity contribution >= 4 is 27.7 Å². The Bertz CT molecular complexity index is 602. The molecule has 1 atom stereocenters. The minimum Gasteiger partial charge on any atom is -0.463 e. The van der Waals surface area contributed by atoms with Crippen molar-refractivity contribution in [1.29, 1.82) is 0 Å². The van der Waals surface area contributed by atoms with Crippen LogP contribution >= 0.6 is 15.9 Å². The number of nitrogens with zero attached hydrogens (tertiary/aromatic N) is 2. The van der Waals surface area contributed by atoms with Gasteiger partial charge in [-0.3, -0.25) is 0 Å². The molecule has 1 heterocycles. The zero-order valence-corrected chi connectivity index (χ0v) is 12.7. The Morgan fingerprint density at radius 2 is 2.00 bits per heavy atom. The fourth-order valence-electron chi connectivity index (χ4n) is 1.69. The van der Waals surface area contributed by atoms with Crippen molar-refractivity contribution in [2.75, 3.05) is 12.4 Å². The summed E-state index contributed by atoms with van der Waals surface area (Å²) in [5.74, 6) is 0.0706. The molecular weight excluding hydrogens is 322 g/mol. The van der Waals surface area contributed by atoms with Crippen LogP contribution in [-0.2, 0) is 4.74 Å². The van der Waals surface area contributed by atoms with Gasteiger partial charge >= 0.3 is 5.97 Å². The first kappa shape index (κ1) is 14.5. The van der Waals surface area contributed by atoms with Crippen molar-refractivity contribution in [3.63, 3.8) is 0 Å². The van der Waals surface area contributed by atoms with Crippen molar-refractivity contribution < 1.29 is 9.53 Å². The maximum absolute atomic E-state index is 11.4. The van der Waals surface area contributed by atoms with Crippen LogP contribution in [0.25, 0.3) is 0 Å². The number of nitrogens with one attached hydrogen (secondary N) is 1. The highest BCUT2D eigenvalue weighted by Crippen LogP contribution is 2.20. The van der Waals surface area contributed by atoms with Gasteiger partial charge in [-0.1, -0.05) is 28.1 Å². The van der Waals surface area contributed by atoms with Gasteiger partial charge in [-0.15, -0.1) is 0 Å². The molecule has 0 amide bonds. The first-order valence-corrected chi connectivity index (χ1v) is 6.83. The predicted octanol–water partition coefficient (Wildman–Crippen LogP) is 3.20. The molecule has 1 aromatic heterocycles. The van der Waals surface area contributed by atoms with E-state index in [1.54, 1.807) is 6.07 Å². The van der Waals surface area contributed by atoms with E-state index in [1.165, 1.54) is 13.3 Å². The van der Waals surface area contributed by atoms with Crippen molar-refractivity contribution in [3.05, 3.63) is 52.4 Å². The SMILES string of the molecule is COC(=O)c1nccc(NC(C)c2ccc(Br)cc2)n1. The van der Waals surface area contributed by atoms with Gasteiger partial charge < -0.3 is 10.1 Å². The number of anilines is 1. The van der Waals surface area contributed by atoms with E-state index in [0.717, 1.165) is 10.0 Å². The van der Waals surface area contributed by atoms with Crippen LogP contribution in [0.3, 0.4) is 0 Å². The lowest BCUT2D eigenvalue weighted by molar-refractivity contribution is 0.0587. The number of carbonyl (C=O) groups excluding carboxylic acids is 1. The second-order valence-corrected chi connectivity index (χ2v) is 5.09. The highest BCUT2D eigenvalue weighted by Gasteiger charge is 2.11. The molecule has 0 saturated heterocycles. The third-order valence-corrected chi connectivity index (χ3v) is 3.29. The van der Waals surface area contributed by atoms with Gasteiger partial charge in [-0.25, -0.2) is 14.8 Å². The van der Waals surface area contributed by atoms with Crippen LogP contribution in [-0.4, -0.2) is 23.0 Å². The summed E-state index contributed by atoms with van der Waals surface area (Å²) in [6, 6.07) is 9.76. The minimum atomic E-state index is -0.551. The standard InChI is InChI=1S/C14H14BrN3O2/c1-9(10-3-5-11(15)6-4-10)17-12-7-8-16-13(18-12)14(19)20-2/h3-9H,1-2H3,(H,16,17,18). The minimum absolute atomic E-state index is 0.0421. The summed E-state index contributed by atoms with van der Waals surface area (Å²) in [6.45, 7) is 2.02. The van der Waals surface area contributed by atoms with Crippen LogP contribution in [0.15, 0.2) is 41.0 Å². The number of halogens is 1. The van der Waals surface area contributed by atoms with Crippen LogP contribution in [0.1, 0.15) is 29.1 Å². The van der Waals surface area contributed by atoms with E-state index in [-0.39, 0.29) is 11.9 Å². The van der Waals surface area contributed by atoms with Crippen LogP contribution in [0.2, 0.25) is 0 Å². The second-order valence-electron chi connectivity index (χ2n) is 4.17. The zero-order valence-electron chi connectivity index (χ0n) is 11.1. The van der Waals surface area contributed by atoms with E-state index in [4.69, 9.17) is 0 Å². The number of esters is 1. The van der Waals surface area contributed by atoms with Crippen LogP contribution in [0.5, 0.6) is 0 Å². The molecule has 20 heavy (non-hydrogen) atoms. The highest BCUT2D eigenvalue weighted by atomic mass is 79.9. The Morgan fingerprint density at radius 3 is 2.65 bits per heavy atom. The molecule has 0 fully saturated rings. The lowest BCUT2D eigenvalue weighted by Crippen LogP contribution is -2.12. The van der Waals surface area contributed by atoms with E-state index < -0.39 is 5.97 Å². The summed E-state index contributed by atoms with van der Waals surface area (Å²) in [6.07, 6.45) is 1.52. The van der Waals surface area contributed by atoms with Crippen molar-refractivity contribution in [1.82, 2.24) is 9.97 Å². The number of rotatable bonds is 4. The molecule has 1 N–H and O–H groups in total. The Morgan fingerprint density at radius 1 is 1.30 bits per heavy atom. The molecular formula is C14H14BrN3O2. The smallest absolute Gasteiger partial charge is 0.376 e. The molecule has 0 aliphatic heterocycles. The van der Waals surface area contributed by atoms with Gasteiger partial charge in [0, 0.05) is 16.7 Å². The summed E-state index contributed by atoms with van der Waals surface area (Å²) in [5.41, 5.74) is 1.12. The van der Waals surface area contributed by atoms with Gasteiger partial charge in [-0.2, -0.15) is 0 Å². The maximum Gasteiger partial charge on any atom is 0.376 e. The molecule has 1 aromatic carbocycles. The van der Waals surface area contributed by atoms with E-state index in [1.807, 2.05) is 31.2 Å². The fourth-order valence-corrected chi connectivity index (χ4v) is 1.95. The monoisotopic (exact) mass is 335 g/mol. The summed E-state index contributed by atoms with van der Waals surface area (Å²) in [7, 11) is 1.30. The summed E-state index contributed by atoms with van der Waals surface area (Å²) >= 11 is 3.40. The van der Waals surface area contributed by atoms with Gasteiger partial charge in [0.25, 0.3) is 0 Å². The lowest BCUT2D eigenvalue weighted by atomic mass is 10.1. The molecule has 0 spiro atoms. The van der Waals surface area contributed by atoms with Crippen LogP contribution in [0, 0.1) is 0 Å². The van der Waals surface area contributed by atoms with Crippen LogP contribution < -0.4 is 5.32 Å². The van der Waals surface area contributed by atoms with E-state index in [9.17, 15) is 4.79 Å². The van der Waals surface area contributed by atoms with Gasteiger partial charge in [0.1, 0.15) is 5.82 Å². The number of aromatic nitrogens is 2. The Labute approximate surface area is 125 Å². The number of ether oxygens (including phenoxy) is 1. The van der Waals surface area contributed by atoms with Gasteiger partial charge in [-0.05, 0) is 30.7 Å². The molecule has 2 rings (SSSR count). The predicted molar refractivity (Wildman–Crippen MR) is 79.6 cm³/mol. The topological polar surface area (TPSA) is 64.1 Å². The molecule has 104 valence electrons. The van der Waals surface area contributed by atoms with E-state index in [2.05, 4.69) is 36.0 Å². The largest absolute Gasteiger partial charge is 0.463 e. The molecule has 6 heteroatoms. The molecule has 0 saturated carbocycles. The van der Waals surface area contributed by atoms with E-state index in [0.29, 0.717) is 5.82 Å². The van der Waals surface area contributed by atoms with Crippen molar-refractivity contribution in [2.45, 2.75) is 13.0 Å². The number of carbonyl (C=O) groups is 1. The zero-order chi connectivity index (χ0) is 14.5. The Hall–Kier alpha value is -1.95. The molecule has 1 unspecified atom stereocenters. The number of hydrogen-bond donors (Lipinski definition) is 1.